The summed E-state index contributed by atoms with van der Waals surface area (Å²) in [7, 11) is 0. The maximum Gasteiger partial charge on any atom is 1.00 e. The summed E-state index contributed by atoms with van der Waals surface area (Å²) >= 11 is 0. The van der Waals surface area contributed by atoms with E-state index in [-0.39, 0.29) is 63.5 Å². The Balaban J connectivity index is 0. The molecule has 0 N–H and O–H groups in total. The van der Waals surface area contributed by atoms with E-state index < -0.39 is 0 Å². The van der Waals surface area contributed by atoms with Crippen molar-refractivity contribution in [2.24, 2.45) is 0 Å². The monoisotopic (exact) mass is 154 g/mol. The predicted octanol–water partition coefficient (Wildman–Crippen LogP) is -1.83. The van der Waals surface area contributed by atoms with Crippen LogP contribution in [-0.2, 0) is 9.53 Å². The molecule has 0 aliphatic carbocycles. The van der Waals surface area contributed by atoms with Crippen LogP contribution in [0.4, 0.5) is 0 Å². The summed E-state index contributed by atoms with van der Waals surface area (Å²) in [5, 5.41) is 0. The first-order valence-corrected chi connectivity index (χ1v) is 2.63. The van der Waals surface area contributed by atoms with E-state index in [1.165, 1.54) is 6.92 Å². The minimum absolute atomic E-state index is 0. The van der Waals surface area contributed by atoms with Crippen molar-refractivity contribution in [1.29, 1.82) is 0 Å². The van der Waals surface area contributed by atoms with Gasteiger partial charge in [0.15, 0.2) is 0 Å². The number of hydrogen-bond acceptors (Lipinski definition) is 2. The second-order valence-electron chi connectivity index (χ2n) is 1.71. The largest absolute Gasteiger partial charge is 1.00 e. The molecule has 0 aliphatic heterocycles. The normalized spacial score (nSPS) is 11.4. The van der Waals surface area contributed by atoms with Crippen molar-refractivity contribution in [3.63, 3.8) is 0 Å². The molecule has 1 unspecified atom stereocenters. The maximum atomic E-state index is 10.2. The average molecular weight is 154 g/mol. The van der Waals surface area contributed by atoms with E-state index in [9.17, 15) is 4.79 Å². The van der Waals surface area contributed by atoms with Gasteiger partial charge >= 0.3 is 57.4 Å². The van der Waals surface area contributed by atoms with E-state index >= 15 is 0 Å². The first-order chi connectivity index (χ1) is 3.66. The number of carbonyl (C=O) groups excluding carboxylic acids is 1. The topological polar surface area (TPSA) is 26.3 Å². The molecule has 3 heteroatoms. The summed E-state index contributed by atoms with van der Waals surface area (Å²) in [4.78, 5) is 10.2. The quantitative estimate of drug-likeness (QED) is 0.266. The molecule has 48 valence electrons. The number of esters is 1. The van der Waals surface area contributed by atoms with Gasteiger partial charge in [0.25, 0.3) is 0 Å². The van der Waals surface area contributed by atoms with Crippen LogP contribution in [0.2, 0.25) is 0 Å². The van der Waals surface area contributed by atoms with Crippen molar-refractivity contribution in [2.75, 3.05) is 0 Å². The molecule has 0 saturated carbocycles. The van der Waals surface area contributed by atoms with Crippen molar-refractivity contribution >= 4 is 5.97 Å². The summed E-state index contributed by atoms with van der Waals surface area (Å²) < 4.78 is 4.70. The van der Waals surface area contributed by atoms with Gasteiger partial charge in [-0.2, -0.15) is 0 Å². The third-order valence-electron chi connectivity index (χ3n) is 0.774. The zero-order chi connectivity index (χ0) is 6.57. The van der Waals surface area contributed by atoms with Crippen LogP contribution >= 0.6 is 0 Å². The van der Waals surface area contributed by atoms with E-state index in [4.69, 9.17) is 4.74 Å². The molecule has 0 heterocycles. The Kier molecular flexibility index (Phi) is 10.2. The summed E-state index contributed by atoms with van der Waals surface area (Å²) in [5.74, 6) is -0.235. The zero-order valence-corrected chi connectivity index (χ0v) is 9.43. The second-order valence-corrected chi connectivity index (χ2v) is 1.71. The predicted molar refractivity (Wildman–Crippen MR) is 31.2 cm³/mol. The van der Waals surface area contributed by atoms with E-state index in [1.807, 2.05) is 6.92 Å². The van der Waals surface area contributed by atoms with Gasteiger partial charge in [0.05, 0.1) is 6.10 Å². The minimum Gasteiger partial charge on any atom is -0.466 e. The van der Waals surface area contributed by atoms with Crippen LogP contribution in [0.3, 0.4) is 0 Å². The molecule has 0 aromatic carbocycles. The fraction of sp³-hybridized carbons (Fsp3) is 0.667. The molecule has 0 radical (unpaired) electrons. The Morgan fingerprint density at radius 1 is 1.78 bits per heavy atom. The number of ether oxygens (including phenoxy) is 1. The Morgan fingerprint density at radius 2 is 2.22 bits per heavy atom. The van der Waals surface area contributed by atoms with Gasteiger partial charge in [-0.05, 0) is 6.92 Å². The molecular weight excluding hydrogens is 143 g/mol. The van der Waals surface area contributed by atoms with Gasteiger partial charge in [0.1, 0.15) is 0 Å². The van der Waals surface area contributed by atoms with Gasteiger partial charge in [-0.25, -0.2) is 0 Å². The standard InChI is InChI=1S/C6H11O2.K/c1-4-5(2)8-6(3)7;/h5H,1,4H2,2-3H3;/q-1;+1. The van der Waals surface area contributed by atoms with E-state index in [1.54, 1.807) is 0 Å². The Morgan fingerprint density at radius 3 is 2.33 bits per heavy atom. The number of rotatable bonds is 2. The first-order valence-electron chi connectivity index (χ1n) is 2.63. The molecule has 0 aromatic rings. The number of carbonyl (C=O) groups is 1. The summed E-state index contributed by atoms with van der Waals surface area (Å²) in [6.07, 6.45) is 0.604. The van der Waals surface area contributed by atoms with Crippen LogP contribution < -0.4 is 51.4 Å². The fourth-order valence-corrected chi connectivity index (χ4v) is 0.342. The van der Waals surface area contributed by atoms with Crippen molar-refractivity contribution in [3.8, 4) is 0 Å². The van der Waals surface area contributed by atoms with Crippen LogP contribution in [0, 0.1) is 6.92 Å². The molecule has 0 bridgehead atoms. The summed E-state index contributed by atoms with van der Waals surface area (Å²) in [6.45, 7) is 6.77. The van der Waals surface area contributed by atoms with E-state index in [2.05, 4.69) is 6.92 Å². The second kappa shape index (κ2) is 7.22. The molecular formula is C6H11KO2. The molecule has 0 saturated heterocycles. The van der Waals surface area contributed by atoms with Crippen molar-refractivity contribution in [1.82, 2.24) is 0 Å². The SMILES string of the molecule is [CH2-]CC(C)OC(C)=O.[K+]. The maximum absolute atomic E-state index is 10.2. The Hall–Kier alpha value is 1.11. The fourth-order valence-electron chi connectivity index (χ4n) is 0.342. The van der Waals surface area contributed by atoms with Crippen molar-refractivity contribution < 1.29 is 60.9 Å². The Bertz CT molecular complexity index is 83.1. The van der Waals surface area contributed by atoms with Crippen LogP contribution in [0.1, 0.15) is 20.3 Å². The molecule has 0 aliphatic rings. The first kappa shape index (κ1) is 12.8. The van der Waals surface area contributed by atoms with Crippen LogP contribution in [0.15, 0.2) is 0 Å². The van der Waals surface area contributed by atoms with Crippen molar-refractivity contribution in [3.05, 3.63) is 6.92 Å². The third-order valence-corrected chi connectivity index (χ3v) is 0.774. The molecule has 0 spiro atoms. The Labute approximate surface area is 98.8 Å². The number of hydrogen-bond donors (Lipinski definition) is 0. The van der Waals surface area contributed by atoms with Crippen molar-refractivity contribution in [2.45, 2.75) is 26.4 Å². The van der Waals surface area contributed by atoms with Gasteiger partial charge in [-0.1, -0.05) is 0 Å². The van der Waals surface area contributed by atoms with Gasteiger partial charge in [0.2, 0.25) is 0 Å². The van der Waals surface area contributed by atoms with Crippen LogP contribution in [-0.4, -0.2) is 12.1 Å². The van der Waals surface area contributed by atoms with Crippen LogP contribution in [0.5, 0.6) is 0 Å². The van der Waals surface area contributed by atoms with Gasteiger partial charge in [-0.15, -0.1) is 6.42 Å². The molecule has 2 nitrogen and oxygen atoms in total. The molecule has 9 heavy (non-hydrogen) atoms. The summed E-state index contributed by atoms with van der Waals surface area (Å²) in [5.41, 5.74) is 0. The molecule has 0 aromatic heterocycles. The molecule has 0 amide bonds. The van der Waals surface area contributed by atoms with E-state index in [0.29, 0.717) is 6.42 Å². The smallest absolute Gasteiger partial charge is 0.466 e. The summed E-state index contributed by atoms with van der Waals surface area (Å²) in [6, 6.07) is 0. The molecule has 0 rings (SSSR count). The zero-order valence-electron chi connectivity index (χ0n) is 6.31. The van der Waals surface area contributed by atoms with Crippen LogP contribution in [0.25, 0.3) is 0 Å². The van der Waals surface area contributed by atoms with Gasteiger partial charge < -0.3 is 11.7 Å². The minimum atomic E-state index is -0.235. The van der Waals surface area contributed by atoms with E-state index in [0.717, 1.165) is 0 Å². The molecule has 1 atom stereocenters. The van der Waals surface area contributed by atoms with Gasteiger partial charge in [0, 0.05) is 6.92 Å². The average Bonchev–Trinajstić information content (AvgIpc) is 1.65. The third kappa shape index (κ3) is 9.11. The van der Waals surface area contributed by atoms with Gasteiger partial charge in [-0.3, -0.25) is 4.79 Å². The molecule has 0 fully saturated rings.